The number of para-hydroxylation sites is 2. The molecule has 0 saturated heterocycles. The number of rotatable bonds is 5. The molecule has 0 aliphatic carbocycles. The average molecular weight is 433 g/mol. The topological polar surface area (TPSA) is 61.9 Å². The summed E-state index contributed by atoms with van der Waals surface area (Å²) in [5, 5.41) is 9.93. The molecule has 0 unspecified atom stereocenters. The van der Waals surface area contributed by atoms with Gasteiger partial charge in [-0.1, -0.05) is 54.2 Å². The molecule has 5 rings (SSSR count). The SMILES string of the molecule is O=C(CSc1n[nH]c(Cc2cccs2)n1)N1c2ccccc2CCc2ccccc21. The highest BCUT2D eigenvalue weighted by Crippen LogP contribution is 2.36. The Morgan fingerprint density at radius 2 is 1.70 bits per heavy atom. The number of anilines is 2. The molecule has 30 heavy (non-hydrogen) atoms. The van der Waals surface area contributed by atoms with Crippen molar-refractivity contribution in [1.82, 2.24) is 15.2 Å². The largest absolute Gasteiger partial charge is 0.280 e. The molecular weight excluding hydrogens is 412 g/mol. The minimum atomic E-state index is 0.0337. The van der Waals surface area contributed by atoms with E-state index in [1.165, 1.54) is 27.8 Å². The Morgan fingerprint density at radius 3 is 2.37 bits per heavy atom. The van der Waals surface area contributed by atoms with E-state index in [4.69, 9.17) is 0 Å². The zero-order valence-electron chi connectivity index (χ0n) is 16.2. The molecule has 0 radical (unpaired) electrons. The van der Waals surface area contributed by atoms with Crippen molar-refractivity contribution in [3.63, 3.8) is 0 Å². The number of aromatic nitrogens is 3. The number of nitrogens with zero attached hydrogens (tertiary/aromatic N) is 3. The summed E-state index contributed by atoms with van der Waals surface area (Å²) in [6.45, 7) is 0. The fourth-order valence-electron chi connectivity index (χ4n) is 3.74. The van der Waals surface area contributed by atoms with Gasteiger partial charge in [-0.25, -0.2) is 4.98 Å². The molecular formula is C23H20N4OS2. The Balaban J connectivity index is 1.36. The van der Waals surface area contributed by atoms with Crippen LogP contribution < -0.4 is 4.90 Å². The number of thioether (sulfide) groups is 1. The van der Waals surface area contributed by atoms with E-state index in [2.05, 4.69) is 38.8 Å². The standard InChI is InChI=1S/C23H20N4OS2/c28-22(15-30-23-24-21(25-26-23)14-18-8-5-13-29-18)27-19-9-3-1-6-16(19)11-12-17-7-2-4-10-20(17)27/h1-10,13H,11-12,14-15H2,(H,24,25,26). The summed E-state index contributed by atoms with van der Waals surface area (Å²) in [7, 11) is 0. The molecule has 3 heterocycles. The number of amides is 1. The summed E-state index contributed by atoms with van der Waals surface area (Å²) >= 11 is 3.07. The number of hydrogen-bond acceptors (Lipinski definition) is 5. The Labute approximate surface area is 183 Å². The lowest BCUT2D eigenvalue weighted by molar-refractivity contribution is -0.115. The molecule has 0 spiro atoms. The quantitative estimate of drug-likeness (QED) is 0.450. The number of hydrogen-bond donors (Lipinski definition) is 1. The van der Waals surface area contributed by atoms with Crippen LogP contribution in [-0.2, 0) is 24.1 Å². The average Bonchev–Trinajstić information content (AvgIpc) is 3.41. The number of aryl methyl sites for hydroxylation is 2. The molecule has 0 atom stereocenters. The molecule has 1 aliphatic rings. The van der Waals surface area contributed by atoms with Crippen LogP contribution in [0.2, 0.25) is 0 Å². The molecule has 5 nitrogen and oxygen atoms in total. The summed E-state index contributed by atoms with van der Waals surface area (Å²) in [5.41, 5.74) is 4.34. The minimum absolute atomic E-state index is 0.0337. The number of thiophene rings is 1. The van der Waals surface area contributed by atoms with Gasteiger partial charge in [-0.3, -0.25) is 14.8 Å². The van der Waals surface area contributed by atoms with Gasteiger partial charge in [-0.2, -0.15) is 0 Å². The summed E-state index contributed by atoms with van der Waals surface area (Å²) in [6, 6.07) is 20.5. The lowest BCUT2D eigenvalue weighted by Gasteiger charge is -2.24. The zero-order chi connectivity index (χ0) is 20.3. The van der Waals surface area contributed by atoms with Crippen molar-refractivity contribution in [2.45, 2.75) is 24.4 Å². The van der Waals surface area contributed by atoms with Gasteiger partial charge in [0.15, 0.2) is 0 Å². The second kappa shape index (κ2) is 8.45. The molecule has 1 aliphatic heterocycles. The van der Waals surface area contributed by atoms with Crippen LogP contribution in [0.1, 0.15) is 21.8 Å². The first-order valence-corrected chi connectivity index (χ1v) is 11.7. The number of aromatic amines is 1. The maximum Gasteiger partial charge on any atom is 0.242 e. The Hall–Kier alpha value is -2.90. The fraction of sp³-hybridized carbons (Fsp3) is 0.174. The number of carbonyl (C=O) groups is 1. The number of benzene rings is 2. The van der Waals surface area contributed by atoms with Crippen LogP contribution in [0.15, 0.2) is 71.2 Å². The molecule has 4 aromatic rings. The van der Waals surface area contributed by atoms with E-state index in [1.54, 1.807) is 11.3 Å². The van der Waals surface area contributed by atoms with Crippen LogP contribution >= 0.6 is 23.1 Å². The Bertz CT molecular complexity index is 1120. The Kier molecular flexibility index (Phi) is 5.38. The van der Waals surface area contributed by atoms with Gasteiger partial charge in [0, 0.05) is 11.3 Å². The van der Waals surface area contributed by atoms with Gasteiger partial charge >= 0.3 is 0 Å². The van der Waals surface area contributed by atoms with Gasteiger partial charge in [0.25, 0.3) is 0 Å². The normalized spacial score (nSPS) is 12.9. The fourth-order valence-corrected chi connectivity index (χ4v) is 5.11. The number of nitrogens with one attached hydrogen (secondary N) is 1. The van der Waals surface area contributed by atoms with E-state index in [9.17, 15) is 4.79 Å². The van der Waals surface area contributed by atoms with Gasteiger partial charge in [-0.05, 0) is 47.5 Å². The molecule has 0 saturated carbocycles. The number of carbonyl (C=O) groups excluding carboxylic acids is 1. The minimum Gasteiger partial charge on any atom is -0.280 e. The van der Waals surface area contributed by atoms with E-state index in [0.717, 1.165) is 36.5 Å². The zero-order valence-corrected chi connectivity index (χ0v) is 17.9. The van der Waals surface area contributed by atoms with E-state index in [1.807, 2.05) is 47.4 Å². The van der Waals surface area contributed by atoms with Crippen molar-refractivity contribution in [2.75, 3.05) is 10.7 Å². The van der Waals surface area contributed by atoms with Crippen LogP contribution in [0, 0.1) is 0 Å². The van der Waals surface area contributed by atoms with Crippen LogP contribution in [-0.4, -0.2) is 26.8 Å². The van der Waals surface area contributed by atoms with E-state index in [-0.39, 0.29) is 11.7 Å². The first kappa shape index (κ1) is 19.1. The summed E-state index contributed by atoms with van der Waals surface area (Å²) in [5.74, 6) is 1.13. The summed E-state index contributed by atoms with van der Waals surface area (Å²) in [4.78, 5) is 21.0. The van der Waals surface area contributed by atoms with Crippen molar-refractivity contribution in [2.24, 2.45) is 0 Å². The van der Waals surface area contributed by atoms with Gasteiger partial charge in [0.1, 0.15) is 5.82 Å². The molecule has 0 bridgehead atoms. The third-order valence-electron chi connectivity index (χ3n) is 5.14. The van der Waals surface area contributed by atoms with E-state index >= 15 is 0 Å². The highest BCUT2D eigenvalue weighted by molar-refractivity contribution is 7.99. The smallest absolute Gasteiger partial charge is 0.242 e. The number of H-pyrrole nitrogens is 1. The molecule has 1 amide bonds. The van der Waals surface area contributed by atoms with Gasteiger partial charge in [-0.15, -0.1) is 16.4 Å². The van der Waals surface area contributed by atoms with Crippen molar-refractivity contribution >= 4 is 40.4 Å². The highest BCUT2D eigenvalue weighted by atomic mass is 32.2. The summed E-state index contributed by atoms with van der Waals surface area (Å²) in [6.07, 6.45) is 2.58. The van der Waals surface area contributed by atoms with Gasteiger partial charge in [0.05, 0.1) is 17.1 Å². The number of fused-ring (bicyclic) bond motifs is 2. The molecule has 2 aromatic carbocycles. The van der Waals surface area contributed by atoms with E-state index in [0.29, 0.717) is 5.16 Å². The third-order valence-corrected chi connectivity index (χ3v) is 6.84. The van der Waals surface area contributed by atoms with Crippen LogP contribution in [0.4, 0.5) is 11.4 Å². The molecule has 1 N–H and O–H groups in total. The summed E-state index contributed by atoms with van der Waals surface area (Å²) < 4.78 is 0. The van der Waals surface area contributed by atoms with Crippen molar-refractivity contribution < 1.29 is 4.79 Å². The monoisotopic (exact) mass is 432 g/mol. The van der Waals surface area contributed by atoms with E-state index < -0.39 is 0 Å². The lowest BCUT2D eigenvalue weighted by atomic mass is 10.0. The Morgan fingerprint density at radius 1 is 1.00 bits per heavy atom. The maximum absolute atomic E-state index is 13.4. The van der Waals surface area contributed by atoms with Crippen molar-refractivity contribution in [3.8, 4) is 0 Å². The van der Waals surface area contributed by atoms with Crippen molar-refractivity contribution in [3.05, 3.63) is 87.9 Å². The molecule has 2 aromatic heterocycles. The predicted molar refractivity (Wildman–Crippen MR) is 122 cm³/mol. The maximum atomic E-state index is 13.4. The highest BCUT2D eigenvalue weighted by Gasteiger charge is 2.25. The third kappa shape index (κ3) is 3.91. The van der Waals surface area contributed by atoms with Crippen LogP contribution in [0.5, 0.6) is 0 Å². The second-order valence-electron chi connectivity index (χ2n) is 7.10. The van der Waals surface area contributed by atoms with Crippen LogP contribution in [0.25, 0.3) is 0 Å². The van der Waals surface area contributed by atoms with Crippen LogP contribution in [0.3, 0.4) is 0 Å². The molecule has 7 heteroatoms. The predicted octanol–water partition coefficient (Wildman–Crippen LogP) is 5.01. The van der Waals surface area contributed by atoms with Crippen molar-refractivity contribution in [1.29, 1.82) is 0 Å². The van der Waals surface area contributed by atoms with Gasteiger partial charge < -0.3 is 0 Å². The molecule has 150 valence electrons. The first-order chi connectivity index (χ1) is 14.8. The lowest BCUT2D eigenvalue weighted by Crippen LogP contribution is -2.28. The second-order valence-corrected chi connectivity index (χ2v) is 9.07. The van der Waals surface area contributed by atoms with Gasteiger partial charge in [0.2, 0.25) is 11.1 Å². The molecule has 0 fully saturated rings. The first-order valence-electron chi connectivity index (χ1n) is 9.83.